The molecule has 18 heavy (non-hydrogen) atoms. The Labute approximate surface area is 110 Å². The van der Waals surface area contributed by atoms with Crippen LogP contribution in [0.5, 0.6) is 5.75 Å². The van der Waals surface area contributed by atoms with E-state index in [1.807, 2.05) is 12.4 Å². The van der Waals surface area contributed by atoms with Gasteiger partial charge >= 0.3 is 0 Å². The molecule has 0 saturated carbocycles. The van der Waals surface area contributed by atoms with Gasteiger partial charge in [-0.2, -0.15) is 11.3 Å². The molecule has 0 spiro atoms. The Morgan fingerprint density at radius 1 is 1.39 bits per heavy atom. The van der Waals surface area contributed by atoms with Crippen LogP contribution in [0.3, 0.4) is 0 Å². The number of methoxy groups -OCH3 is 1. The fraction of sp³-hybridized carbons (Fsp3) is 0.286. The molecular weight excluding hydrogens is 249 g/mol. The Morgan fingerprint density at radius 2 is 2.22 bits per heavy atom. The Bertz CT molecular complexity index is 499. The minimum atomic E-state index is -0.239. The predicted octanol–water partition coefficient (Wildman–Crippen LogP) is 3.40. The normalized spacial score (nSPS) is 12.4. The summed E-state index contributed by atoms with van der Waals surface area (Å²) in [5.74, 6) is 0.474. The largest absolute Gasteiger partial charge is 0.496 e. The van der Waals surface area contributed by atoms with Crippen LogP contribution in [-0.2, 0) is 6.42 Å². The highest BCUT2D eigenvalue weighted by Gasteiger charge is 2.16. The number of likely N-dealkylation sites (N-methyl/N-ethyl adjacent to an activating group) is 1. The second-order valence-corrected chi connectivity index (χ2v) is 4.84. The quantitative estimate of drug-likeness (QED) is 0.894. The van der Waals surface area contributed by atoms with E-state index < -0.39 is 0 Å². The fourth-order valence-electron chi connectivity index (χ4n) is 1.99. The maximum absolute atomic E-state index is 13.4. The topological polar surface area (TPSA) is 21.3 Å². The number of ether oxygens (including phenoxy) is 1. The van der Waals surface area contributed by atoms with Crippen LogP contribution in [0, 0.1) is 5.82 Å². The Hall–Kier alpha value is -1.39. The first kappa shape index (κ1) is 13.1. The van der Waals surface area contributed by atoms with Crippen LogP contribution in [0.4, 0.5) is 4.39 Å². The molecule has 1 unspecified atom stereocenters. The Kier molecular flexibility index (Phi) is 4.33. The zero-order valence-corrected chi connectivity index (χ0v) is 11.3. The number of halogens is 1. The molecule has 0 radical (unpaired) electrons. The lowest BCUT2D eigenvalue weighted by atomic mass is 9.99. The van der Waals surface area contributed by atoms with E-state index >= 15 is 0 Å². The van der Waals surface area contributed by atoms with E-state index in [4.69, 9.17) is 4.74 Å². The van der Waals surface area contributed by atoms with Crippen LogP contribution in [0.2, 0.25) is 0 Å². The first-order valence-electron chi connectivity index (χ1n) is 5.76. The Morgan fingerprint density at radius 3 is 2.83 bits per heavy atom. The van der Waals surface area contributed by atoms with Gasteiger partial charge in [-0.25, -0.2) is 4.39 Å². The fourth-order valence-corrected chi connectivity index (χ4v) is 2.67. The number of benzene rings is 1. The van der Waals surface area contributed by atoms with Crippen LogP contribution in [0.15, 0.2) is 35.0 Å². The predicted molar refractivity (Wildman–Crippen MR) is 72.8 cm³/mol. The third-order valence-electron chi connectivity index (χ3n) is 2.94. The summed E-state index contributed by atoms with van der Waals surface area (Å²) in [6.07, 6.45) is 0.819. The van der Waals surface area contributed by atoms with Gasteiger partial charge in [-0.3, -0.25) is 0 Å². The lowest BCUT2D eigenvalue weighted by molar-refractivity contribution is 0.399. The van der Waals surface area contributed by atoms with Crippen molar-refractivity contribution in [2.24, 2.45) is 0 Å². The van der Waals surface area contributed by atoms with E-state index in [0.717, 1.165) is 12.0 Å². The number of nitrogens with one attached hydrogen (secondary N) is 1. The molecule has 1 atom stereocenters. The van der Waals surface area contributed by atoms with E-state index in [-0.39, 0.29) is 11.9 Å². The summed E-state index contributed by atoms with van der Waals surface area (Å²) in [7, 11) is 3.48. The second-order valence-electron chi connectivity index (χ2n) is 4.06. The smallest absolute Gasteiger partial charge is 0.123 e. The third kappa shape index (κ3) is 2.89. The lowest BCUT2D eigenvalue weighted by Crippen LogP contribution is -2.19. The van der Waals surface area contributed by atoms with Gasteiger partial charge in [-0.1, -0.05) is 0 Å². The van der Waals surface area contributed by atoms with E-state index in [1.54, 1.807) is 24.5 Å². The summed E-state index contributed by atoms with van der Waals surface area (Å²) in [5.41, 5.74) is 2.09. The standard InChI is InChI=1S/C14H16FNOS/c1-16-13(7-10-5-6-18-9-10)12-8-11(15)3-4-14(12)17-2/h3-6,8-9,13,16H,7H2,1-2H3. The van der Waals surface area contributed by atoms with Gasteiger partial charge in [-0.05, 0) is 54.1 Å². The van der Waals surface area contributed by atoms with E-state index in [2.05, 4.69) is 16.8 Å². The molecule has 1 heterocycles. The summed E-state index contributed by atoms with van der Waals surface area (Å²) < 4.78 is 18.7. The van der Waals surface area contributed by atoms with Crippen LogP contribution in [0.1, 0.15) is 17.2 Å². The monoisotopic (exact) mass is 265 g/mol. The molecule has 96 valence electrons. The molecule has 0 aliphatic rings. The van der Waals surface area contributed by atoms with Crippen molar-refractivity contribution in [1.29, 1.82) is 0 Å². The third-order valence-corrected chi connectivity index (χ3v) is 3.67. The number of hydrogen-bond acceptors (Lipinski definition) is 3. The molecule has 0 fully saturated rings. The first-order chi connectivity index (χ1) is 8.74. The second kappa shape index (κ2) is 5.98. The van der Waals surface area contributed by atoms with E-state index in [9.17, 15) is 4.39 Å². The van der Waals surface area contributed by atoms with Crippen molar-refractivity contribution in [2.45, 2.75) is 12.5 Å². The minimum absolute atomic E-state index is 0.0465. The molecule has 0 aliphatic carbocycles. The van der Waals surface area contributed by atoms with Gasteiger partial charge in [-0.15, -0.1) is 0 Å². The number of hydrogen-bond donors (Lipinski definition) is 1. The van der Waals surface area contributed by atoms with Gasteiger partial charge < -0.3 is 10.1 Å². The maximum atomic E-state index is 13.4. The summed E-state index contributed by atoms with van der Waals surface area (Å²) in [6, 6.07) is 6.75. The van der Waals surface area contributed by atoms with E-state index in [1.165, 1.54) is 17.7 Å². The summed E-state index contributed by atoms with van der Waals surface area (Å²) in [5, 5.41) is 7.37. The van der Waals surface area contributed by atoms with Crippen LogP contribution < -0.4 is 10.1 Å². The molecule has 1 N–H and O–H groups in total. The zero-order chi connectivity index (χ0) is 13.0. The van der Waals surface area contributed by atoms with Crippen molar-refractivity contribution in [3.63, 3.8) is 0 Å². The summed E-state index contributed by atoms with van der Waals surface area (Å²) in [4.78, 5) is 0. The molecule has 1 aromatic carbocycles. The van der Waals surface area contributed by atoms with Crippen molar-refractivity contribution in [1.82, 2.24) is 5.32 Å². The average Bonchev–Trinajstić information content (AvgIpc) is 2.88. The molecule has 0 aliphatic heterocycles. The van der Waals surface area contributed by atoms with Gasteiger partial charge in [0.1, 0.15) is 11.6 Å². The molecule has 4 heteroatoms. The average molecular weight is 265 g/mol. The lowest BCUT2D eigenvalue weighted by Gasteiger charge is -2.19. The zero-order valence-electron chi connectivity index (χ0n) is 10.4. The van der Waals surface area contributed by atoms with Crippen molar-refractivity contribution in [3.05, 3.63) is 52.0 Å². The van der Waals surface area contributed by atoms with Crippen LogP contribution in [-0.4, -0.2) is 14.2 Å². The highest BCUT2D eigenvalue weighted by Crippen LogP contribution is 2.28. The molecule has 2 aromatic rings. The highest BCUT2D eigenvalue weighted by molar-refractivity contribution is 7.07. The summed E-state index contributed by atoms with van der Waals surface area (Å²) >= 11 is 1.67. The van der Waals surface area contributed by atoms with E-state index in [0.29, 0.717) is 5.75 Å². The van der Waals surface area contributed by atoms with Gasteiger partial charge in [0.2, 0.25) is 0 Å². The van der Waals surface area contributed by atoms with Gasteiger partial charge in [0.15, 0.2) is 0 Å². The molecule has 0 saturated heterocycles. The van der Waals surface area contributed by atoms with Crippen molar-refractivity contribution >= 4 is 11.3 Å². The highest BCUT2D eigenvalue weighted by atomic mass is 32.1. The molecule has 1 aromatic heterocycles. The number of thiophene rings is 1. The molecule has 2 rings (SSSR count). The van der Waals surface area contributed by atoms with Crippen molar-refractivity contribution < 1.29 is 9.13 Å². The van der Waals surface area contributed by atoms with Gasteiger partial charge in [0.05, 0.1) is 7.11 Å². The SMILES string of the molecule is CNC(Cc1ccsc1)c1cc(F)ccc1OC. The maximum Gasteiger partial charge on any atom is 0.123 e. The molecule has 0 bridgehead atoms. The summed E-state index contributed by atoms with van der Waals surface area (Å²) in [6.45, 7) is 0. The molecule has 0 amide bonds. The van der Waals surface area contributed by atoms with Gasteiger partial charge in [0.25, 0.3) is 0 Å². The van der Waals surface area contributed by atoms with Crippen molar-refractivity contribution in [2.75, 3.05) is 14.2 Å². The molecule has 2 nitrogen and oxygen atoms in total. The van der Waals surface area contributed by atoms with Gasteiger partial charge in [0, 0.05) is 11.6 Å². The number of rotatable bonds is 5. The van der Waals surface area contributed by atoms with Crippen LogP contribution >= 0.6 is 11.3 Å². The molecular formula is C14H16FNOS. The Balaban J connectivity index is 2.28. The van der Waals surface area contributed by atoms with Crippen molar-refractivity contribution in [3.8, 4) is 5.75 Å². The van der Waals surface area contributed by atoms with Crippen LogP contribution in [0.25, 0.3) is 0 Å². The first-order valence-corrected chi connectivity index (χ1v) is 6.70. The minimum Gasteiger partial charge on any atom is -0.496 e.